The molecule has 2 rings (SSSR count). The van der Waals surface area contributed by atoms with Crippen molar-refractivity contribution in [3.63, 3.8) is 0 Å². The van der Waals surface area contributed by atoms with Crippen LogP contribution in [0.2, 0.25) is 0 Å². The van der Waals surface area contributed by atoms with Gasteiger partial charge in [-0.25, -0.2) is 4.98 Å². The Hall–Kier alpha value is -0.910. The molecule has 4 nitrogen and oxygen atoms in total. The van der Waals surface area contributed by atoms with Crippen molar-refractivity contribution >= 4 is 16.3 Å². The summed E-state index contributed by atoms with van der Waals surface area (Å²) in [5, 5.41) is 14.4. The average Bonchev–Trinajstić information content (AvgIpc) is 2.76. The van der Waals surface area contributed by atoms with Crippen molar-refractivity contribution in [1.82, 2.24) is 14.7 Å². The summed E-state index contributed by atoms with van der Waals surface area (Å²) in [7, 11) is 0. The van der Waals surface area contributed by atoms with E-state index in [0.717, 1.165) is 17.2 Å². The summed E-state index contributed by atoms with van der Waals surface area (Å²) in [6, 6.07) is 0.115. The smallest absolute Gasteiger partial charge is 0.194 e. The van der Waals surface area contributed by atoms with Crippen LogP contribution < -0.4 is 5.32 Å². The highest BCUT2D eigenvalue weighted by atomic mass is 32.1. The number of nitrogens with zero attached hydrogens (tertiary/aromatic N) is 2. The van der Waals surface area contributed by atoms with Gasteiger partial charge < -0.3 is 10.4 Å². The highest BCUT2D eigenvalue weighted by molar-refractivity contribution is 7.15. The first-order chi connectivity index (χ1) is 7.63. The van der Waals surface area contributed by atoms with Crippen LogP contribution in [0.3, 0.4) is 0 Å². The molecule has 0 bridgehead atoms. The highest BCUT2D eigenvalue weighted by Gasteiger charge is 2.12. The Morgan fingerprint density at radius 2 is 2.31 bits per heavy atom. The first-order valence-electron chi connectivity index (χ1n) is 5.39. The van der Waals surface area contributed by atoms with Gasteiger partial charge in [-0.2, -0.15) is 0 Å². The summed E-state index contributed by atoms with van der Waals surface area (Å²) >= 11 is 1.66. The molecule has 0 unspecified atom stereocenters. The van der Waals surface area contributed by atoms with E-state index in [2.05, 4.69) is 27.0 Å². The van der Waals surface area contributed by atoms with Gasteiger partial charge in [0.15, 0.2) is 4.96 Å². The first kappa shape index (κ1) is 11.6. The van der Waals surface area contributed by atoms with Crippen molar-refractivity contribution in [2.45, 2.75) is 33.4 Å². The van der Waals surface area contributed by atoms with Crippen molar-refractivity contribution < 1.29 is 5.11 Å². The van der Waals surface area contributed by atoms with E-state index in [9.17, 15) is 0 Å². The Balaban J connectivity index is 2.28. The summed E-state index contributed by atoms with van der Waals surface area (Å²) in [6.45, 7) is 6.98. The molecule has 0 fully saturated rings. The number of nitrogens with one attached hydrogen (secondary N) is 1. The molecule has 88 valence electrons. The highest BCUT2D eigenvalue weighted by Crippen LogP contribution is 2.20. The minimum atomic E-state index is 0.115. The number of aromatic nitrogens is 2. The fraction of sp³-hybridized carbons (Fsp3) is 0.545. The molecule has 16 heavy (non-hydrogen) atoms. The third-order valence-electron chi connectivity index (χ3n) is 2.72. The number of hydrogen-bond donors (Lipinski definition) is 2. The van der Waals surface area contributed by atoms with E-state index in [0.29, 0.717) is 0 Å². The molecule has 0 radical (unpaired) electrons. The number of imidazole rings is 1. The third kappa shape index (κ3) is 1.98. The van der Waals surface area contributed by atoms with Gasteiger partial charge >= 0.3 is 0 Å². The zero-order valence-electron chi connectivity index (χ0n) is 9.82. The molecule has 2 heterocycles. The normalized spacial score (nSPS) is 13.5. The van der Waals surface area contributed by atoms with E-state index in [1.165, 1.54) is 11.4 Å². The van der Waals surface area contributed by atoms with E-state index in [-0.39, 0.29) is 12.6 Å². The largest absolute Gasteiger partial charge is 0.395 e. The minimum absolute atomic E-state index is 0.115. The fourth-order valence-electron chi connectivity index (χ4n) is 1.71. The molecular weight excluding hydrogens is 222 g/mol. The van der Waals surface area contributed by atoms with Crippen molar-refractivity contribution in [2.24, 2.45) is 0 Å². The number of aliphatic hydroxyl groups excluding tert-OH is 1. The lowest BCUT2D eigenvalue weighted by Crippen LogP contribution is -2.29. The first-order valence-corrected chi connectivity index (χ1v) is 6.27. The monoisotopic (exact) mass is 239 g/mol. The molecule has 2 N–H and O–H groups in total. The van der Waals surface area contributed by atoms with Gasteiger partial charge in [-0.3, -0.25) is 4.40 Å². The lowest BCUT2D eigenvalue weighted by molar-refractivity contribution is 0.250. The second kappa shape index (κ2) is 4.53. The molecule has 0 amide bonds. The van der Waals surface area contributed by atoms with Gasteiger partial charge in [0.25, 0.3) is 0 Å². The van der Waals surface area contributed by atoms with E-state index < -0.39 is 0 Å². The van der Waals surface area contributed by atoms with Crippen molar-refractivity contribution in [3.8, 4) is 0 Å². The molecule has 2 aromatic rings. The van der Waals surface area contributed by atoms with Gasteiger partial charge in [0.2, 0.25) is 0 Å². The summed E-state index contributed by atoms with van der Waals surface area (Å²) < 4.78 is 2.18. The maximum atomic E-state index is 8.98. The van der Waals surface area contributed by atoms with Crippen molar-refractivity contribution in [2.75, 3.05) is 6.61 Å². The minimum Gasteiger partial charge on any atom is -0.395 e. The Labute approximate surface area is 98.9 Å². The van der Waals surface area contributed by atoms with Crippen LogP contribution in [0, 0.1) is 13.8 Å². The predicted octanol–water partition coefficient (Wildman–Crippen LogP) is 1.48. The summed E-state index contributed by atoms with van der Waals surface area (Å²) in [6.07, 6.45) is 0. The van der Waals surface area contributed by atoms with Gasteiger partial charge in [0.05, 0.1) is 18.0 Å². The second-order valence-electron chi connectivity index (χ2n) is 4.10. The van der Waals surface area contributed by atoms with Crippen LogP contribution in [-0.4, -0.2) is 27.1 Å². The van der Waals surface area contributed by atoms with Gasteiger partial charge in [0.1, 0.15) is 0 Å². The van der Waals surface area contributed by atoms with Gasteiger partial charge in [-0.05, 0) is 20.8 Å². The third-order valence-corrected chi connectivity index (χ3v) is 3.67. The number of fused-ring (bicyclic) bond motifs is 1. The molecule has 1 atom stereocenters. The molecule has 0 aliphatic rings. The lowest BCUT2D eigenvalue weighted by Gasteiger charge is -2.10. The molecular formula is C11H17N3OS. The fourth-order valence-corrected chi connectivity index (χ4v) is 2.64. The molecule has 5 heteroatoms. The Morgan fingerprint density at radius 1 is 1.56 bits per heavy atom. The standard InChI is InChI=1S/C11H17N3OS/c1-7(5-15)12-4-10-9(3)13-11-14(10)8(2)6-16-11/h6-7,12,15H,4-5H2,1-3H3/t7-/m1/s1. The van der Waals surface area contributed by atoms with Crippen molar-refractivity contribution in [3.05, 3.63) is 22.5 Å². The van der Waals surface area contributed by atoms with Crippen LogP contribution in [0.25, 0.3) is 4.96 Å². The maximum Gasteiger partial charge on any atom is 0.194 e. The molecule has 0 aliphatic heterocycles. The number of rotatable bonds is 4. The van der Waals surface area contributed by atoms with Crippen LogP contribution in [0.5, 0.6) is 0 Å². The second-order valence-corrected chi connectivity index (χ2v) is 4.94. The van der Waals surface area contributed by atoms with Crippen molar-refractivity contribution in [1.29, 1.82) is 0 Å². The Bertz CT molecular complexity index is 489. The molecule has 2 aromatic heterocycles. The van der Waals surface area contributed by atoms with Crippen LogP contribution in [0.4, 0.5) is 0 Å². The molecule has 0 aliphatic carbocycles. The summed E-state index contributed by atoms with van der Waals surface area (Å²) in [5.41, 5.74) is 3.47. The van der Waals surface area contributed by atoms with E-state index in [4.69, 9.17) is 5.11 Å². The van der Waals surface area contributed by atoms with Crippen LogP contribution in [-0.2, 0) is 6.54 Å². The molecule has 0 saturated heterocycles. The lowest BCUT2D eigenvalue weighted by atomic mass is 10.3. The average molecular weight is 239 g/mol. The van der Waals surface area contributed by atoms with Crippen LogP contribution in [0.15, 0.2) is 5.38 Å². The summed E-state index contributed by atoms with van der Waals surface area (Å²) in [5.74, 6) is 0. The van der Waals surface area contributed by atoms with E-state index in [1.807, 2.05) is 13.8 Å². The number of hydrogen-bond acceptors (Lipinski definition) is 4. The van der Waals surface area contributed by atoms with E-state index in [1.54, 1.807) is 11.3 Å². The SMILES string of the molecule is Cc1nc2scc(C)n2c1CN[C@H](C)CO. The van der Waals surface area contributed by atoms with Gasteiger partial charge in [0, 0.05) is 23.7 Å². The summed E-state index contributed by atoms with van der Waals surface area (Å²) in [4.78, 5) is 5.56. The predicted molar refractivity (Wildman–Crippen MR) is 65.9 cm³/mol. The van der Waals surface area contributed by atoms with Gasteiger partial charge in [-0.1, -0.05) is 0 Å². The van der Waals surface area contributed by atoms with Crippen LogP contribution in [0.1, 0.15) is 24.0 Å². The number of aliphatic hydroxyl groups is 1. The van der Waals surface area contributed by atoms with Gasteiger partial charge in [-0.15, -0.1) is 11.3 Å². The van der Waals surface area contributed by atoms with Crippen LogP contribution >= 0.6 is 11.3 Å². The van der Waals surface area contributed by atoms with E-state index >= 15 is 0 Å². The quantitative estimate of drug-likeness (QED) is 0.849. The topological polar surface area (TPSA) is 49.6 Å². The zero-order valence-corrected chi connectivity index (χ0v) is 10.6. The Morgan fingerprint density at radius 3 is 3.00 bits per heavy atom. The zero-order chi connectivity index (χ0) is 11.7. The maximum absolute atomic E-state index is 8.98. The molecule has 0 aromatic carbocycles. The molecule has 0 spiro atoms. The number of thiazole rings is 1. The molecule has 0 saturated carbocycles. The number of aryl methyl sites for hydroxylation is 2. The Kier molecular flexibility index (Phi) is 3.28.